The molecule has 0 bridgehead atoms. The third kappa shape index (κ3) is 2.58. The number of nitrogens with one attached hydrogen (secondary N) is 1. The minimum Gasteiger partial charge on any atom is -0.463 e. The molecule has 0 atom stereocenters. The Labute approximate surface area is 96.6 Å². The summed E-state index contributed by atoms with van der Waals surface area (Å²) in [7, 11) is 0. The third-order valence-electron chi connectivity index (χ3n) is 1.89. The molecular weight excluding hydrogens is 224 g/mol. The second-order valence-corrected chi connectivity index (χ2v) is 4.28. The zero-order valence-electron chi connectivity index (χ0n) is 8.64. The molecule has 2 rings (SSSR count). The molecule has 2 aromatic heterocycles. The van der Waals surface area contributed by atoms with E-state index in [2.05, 4.69) is 10.5 Å². The van der Waals surface area contributed by atoms with Gasteiger partial charge in [-0.1, -0.05) is 0 Å². The van der Waals surface area contributed by atoms with Gasteiger partial charge < -0.3 is 4.42 Å². The highest BCUT2D eigenvalue weighted by atomic mass is 32.1. The van der Waals surface area contributed by atoms with Crippen molar-refractivity contribution in [2.45, 2.75) is 6.92 Å². The lowest BCUT2D eigenvalue weighted by molar-refractivity contribution is 0.0955. The zero-order valence-corrected chi connectivity index (χ0v) is 9.45. The molecule has 1 amide bonds. The number of rotatable bonds is 3. The molecule has 82 valence electrons. The lowest BCUT2D eigenvalue weighted by atomic mass is 10.3. The molecule has 0 saturated carbocycles. The van der Waals surface area contributed by atoms with Crippen molar-refractivity contribution in [2.24, 2.45) is 5.10 Å². The highest BCUT2D eigenvalue weighted by molar-refractivity contribution is 7.10. The molecule has 0 aliphatic rings. The number of carbonyl (C=O) groups excluding carboxylic acids is 1. The van der Waals surface area contributed by atoms with Crippen molar-refractivity contribution in [1.82, 2.24) is 5.43 Å². The summed E-state index contributed by atoms with van der Waals surface area (Å²) in [6, 6.07) is 5.33. The van der Waals surface area contributed by atoms with E-state index < -0.39 is 0 Å². The Bertz CT molecular complexity index is 500. The van der Waals surface area contributed by atoms with E-state index in [0.29, 0.717) is 11.3 Å². The van der Waals surface area contributed by atoms with Gasteiger partial charge in [0, 0.05) is 10.3 Å². The number of hydrogen-bond donors (Lipinski definition) is 1. The standard InChI is InChI=1S/C11H10N2O2S/c1-8-5-9(7-16-8)11(14)13-12-6-10-3-2-4-15-10/h2-7H,1H3,(H,13,14)/b12-6+. The van der Waals surface area contributed by atoms with Crippen molar-refractivity contribution in [3.8, 4) is 0 Å². The maximum absolute atomic E-state index is 11.5. The van der Waals surface area contributed by atoms with Gasteiger partial charge in [-0.25, -0.2) is 5.43 Å². The molecule has 2 aromatic rings. The quantitative estimate of drug-likeness (QED) is 0.655. The van der Waals surface area contributed by atoms with Crippen molar-refractivity contribution >= 4 is 23.5 Å². The molecule has 0 aromatic carbocycles. The maximum atomic E-state index is 11.5. The molecule has 2 heterocycles. The number of thiophene rings is 1. The normalized spacial score (nSPS) is 10.8. The van der Waals surface area contributed by atoms with Crippen molar-refractivity contribution in [2.75, 3.05) is 0 Å². The first-order valence-corrected chi connectivity index (χ1v) is 5.56. The van der Waals surface area contributed by atoms with Crippen LogP contribution in [-0.2, 0) is 0 Å². The van der Waals surface area contributed by atoms with E-state index in [1.165, 1.54) is 17.6 Å². The maximum Gasteiger partial charge on any atom is 0.272 e. The van der Waals surface area contributed by atoms with Crippen molar-refractivity contribution < 1.29 is 9.21 Å². The Kier molecular flexibility index (Phi) is 3.16. The minimum atomic E-state index is -0.216. The van der Waals surface area contributed by atoms with E-state index in [0.717, 1.165) is 4.88 Å². The first-order valence-electron chi connectivity index (χ1n) is 4.68. The van der Waals surface area contributed by atoms with Crippen LogP contribution in [0.4, 0.5) is 0 Å². The predicted octanol–water partition coefficient (Wildman–Crippen LogP) is 2.41. The van der Waals surface area contributed by atoms with E-state index in [1.54, 1.807) is 23.8 Å². The Morgan fingerprint density at radius 1 is 1.62 bits per heavy atom. The fourth-order valence-electron chi connectivity index (χ4n) is 1.15. The summed E-state index contributed by atoms with van der Waals surface area (Å²) in [5.74, 6) is 0.383. The van der Waals surface area contributed by atoms with Crippen molar-refractivity contribution in [1.29, 1.82) is 0 Å². The van der Waals surface area contributed by atoms with Crippen LogP contribution < -0.4 is 5.43 Å². The van der Waals surface area contributed by atoms with Crippen LogP contribution in [0.1, 0.15) is 21.0 Å². The van der Waals surface area contributed by atoms with Gasteiger partial charge in [0.25, 0.3) is 5.91 Å². The number of nitrogens with zero attached hydrogens (tertiary/aromatic N) is 1. The molecule has 4 nitrogen and oxygen atoms in total. The molecule has 0 fully saturated rings. The first-order chi connectivity index (χ1) is 7.75. The number of aryl methyl sites for hydroxylation is 1. The Morgan fingerprint density at radius 3 is 3.12 bits per heavy atom. The summed E-state index contributed by atoms with van der Waals surface area (Å²) in [5.41, 5.74) is 3.05. The summed E-state index contributed by atoms with van der Waals surface area (Å²) < 4.78 is 5.03. The largest absolute Gasteiger partial charge is 0.463 e. The molecular formula is C11H10N2O2S. The van der Waals surface area contributed by atoms with Gasteiger partial charge in [0.05, 0.1) is 18.0 Å². The van der Waals surface area contributed by atoms with Gasteiger partial charge in [0.2, 0.25) is 0 Å². The van der Waals surface area contributed by atoms with Crippen LogP contribution in [-0.4, -0.2) is 12.1 Å². The van der Waals surface area contributed by atoms with E-state index >= 15 is 0 Å². The minimum absolute atomic E-state index is 0.216. The molecule has 0 unspecified atom stereocenters. The summed E-state index contributed by atoms with van der Waals surface area (Å²) in [4.78, 5) is 12.6. The van der Waals surface area contributed by atoms with Crippen LogP contribution >= 0.6 is 11.3 Å². The van der Waals surface area contributed by atoms with Crippen LogP contribution in [0, 0.1) is 6.92 Å². The number of hydrogen-bond acceptors (Lipinski definition) is 4. The molecule has 0 saturated heterocycles. The van der Waals surface area contributed by atoms with E-state index in [-0.39, 0.29) is 5.91 Å². The number of amides is 1. The number of furan rings is 1. The van der Waals surface area contributed by atoms with Gasteiger partial charge >= 0.3 is 0 Å². The summed E-state index contributed by atoms with van der Waals surface area (Å²) >= 11 is 1.53. The van der Waals surface area contributed by atoms with E-state index in [9.17, 15) is 4.79 Å². The van der Waals surface area contributed by atoms with Crippen molar-refractivity contribution in [3.63, 3.8) is 0 Å². The SMILES string of the molecule is Cc1cc(C(=O)N/N=C/c2ccco2)cs1. The Morgan fingerprint density at radius 2 is 2.50 bits per heavy atom. The van der Waals surface area contributed by atoms with Gasteiger partial charge in [0.1, 0.15) is 5.76 Å². The average molecular weight is 234 g/mol. The van der Waals surface area contributed by atoms with Gasteiger partial charge in [-0.15, -0.1) is 11.3 Å². The number of carbonyl (C=O) groups is 1. The topological polar surface area (TPSA) is 54.6 Å². The Balaban J connectivity index is 1.94. The Hall–Kier alpha value is -1.88. The highest BCUT2D eigenvalue weighted by Gasteiger charge is 2.05. The number of hydrazone groups is 1. The summed E-state index contributed by atoms with van der Waals surface area (Å²) in [6.45, 7) is 1.95. The fourth-order valence-corrected chi connectivity index (χ4v) is 1.83. The van der Waals surface area contributed by atoms with E-state index in [1.807, 2.05) is 13.0 Å². The molecule has 5 heteroatoms. The van der Waals surface area contributed by atoms with Gasteiger partial charge in [-0.3, -0.25) is 4.79 Å². The van der Waals surface area contributed by atoms with Crippen LogP contribution in [0.2, 0.25) is 0 Å². The molecule has 0 aliphatic carbocycles. The highest BCUT2D eigenvalue weighted by Crippen LogP contribution is 2.12. The van der Waals surface area contributed by atoms with Gasteiger partial charge in [-0.2, -0.15) is 5.10 Å². The fraction of sp³-hybridized carbons (Fsp3) is 0.0909. The first kappa shape index (κ1) is 10.6. The van der Waals surface area contributed by atoms with Gasteiger partial charge in [0.15, 0.2) is 0 Å². The molecule has 1 N–H and O–H groups in total. The molecule has 0 radical (unpaired) electrons. The predicted molar refractivity (Wildman–Crippen MR) is 62.8 cm³/mol. The van der Waals surface area contributed by atoms with E-state index in [4.69, 9.17) is 4.42 Å². The molecule has 16 heavy (non-hydrogen) atoms. The van der Waals surface area contributed by atoms with Gasteiger partial charge in [-0.05, 0) is 25.1 Å². The average Bonchev–Trinajstić information content (AvgIpc) is 2.89. The molecule has 0 spiro atoms. The third-order valence-corrected chi connectivity index (χ3v) is 2.76. The zero-order chi connectivity index (χ0) is 11.4. The van der Waals surface area contributed by atoms with Crippen molar-refractivity contribution in [3.05, 3.63) is 46.0 Å². The lowest BCUT2D eigenvalue weighted by Crippen LogP contribution is -2.16. The summed E-state index contributed by atoms with van der Waals surface area (Å²) in [6.07, 6.45) is 3.00. The second kappa shape index (κ2) is 4.76. The van der Waals surface area contributed by atoms with Crippen LogP contribution in [0.15, 0.2) is 39.4 Å². The van der Waals surface area contributed by atoms with Crippen LogP contribution in [0.25, 0.3) is 0 Å². The second-order valence-electron chi connectivity index (χ2n) is 3.16. The summed E-state index contributed by atoms with van der Waals surface area (Å²) in [5, 5.41) is 5.58. The van der Waals surface area contributed by atoms with Crippen LogP contribution in [0.3, 0.4) is 0 Å². The molecule has 0 aliphatic heterocycles. The lowest BCUT2D eigenvalue weighted by Gasteiger charge is -1.94. The van der Waals surface area contributed by atoms with Crippen LogP contribution in [0.5, 0.6) is 0 Å². The monoisotopic (exact) mass is 234 g/mol. The smallest absolute Gasteiger partial charge is 0.272 e.